The molecule has 1 atom stereocenters. The summed E-state index contributed by atoms with van der Waals surface area (Å²) in [7, 11) is 0. The molecule has 0 aromatic heterocycles. The molecule has 0 aliphatic carbocycles. The largest absolute Gasteiger partial charge is 0.386 e. The van der Waals surface area contributed by atoms with Gasteiger partial charge in [-0.3, -0.25) is 0 Å². The molecular weight excluding hydrogens is 236 g/mol. The predicted octanol–water partition coefficient (Wildman–Crippen LogP) is 3.11. The third-order valence-corrected chi connectivity index (χ3v) is 2.59. The number of nitrogens with one attached hydrogen (secondary N) is 1. The summed E-state index contributed by atoms with van der Waals surface area (Å²) in [5, 5.41) is 12.7. The molecule has 0 heterocycles. The van der Waals surface area contributed by atoms with Crippen molar-refractivity contribution in [3.63, 3.8) is 0 Å². The third-order valence-electron chi connectivity index (χ3n) is 2.59. The van der Waals surface area contributed by atoms with Gasteiger partial charge < -0.3 is 10.4 Å². The lowest BCUT2D eigenvalue weighted by molar-refractivity contribution is 0.186. The van der Waals surface area contributed by atoms with E-state index < -0.39 is 11.9 Å². The molecule has 2 nitrogen and oxygen atoms in total. The lowest BCUT2D eigenvalue weighted by atomic mass is 10.1. The summed E-state index contributed by atoms with van der Waals surface area (Å²) in [6.45, 7) is 0.115. The highest BCUT2D eigenvalue weighted by atomic mass is 19.1. The monoisotopic (exact) mass is 249 g/mol. The number of benzene rings is 2. The van der Waals surface area contributed by atoms with Crippen molar-refractivity contribution >= 4 is 5.69 Å². The van der Waals surface area contributed by atoms with Gasteiger partial charge in [-0.2, -0.15) is 0 Å². The van der Waals surface area contributed by atoms with Crippen LogP contribution in [-0.4, -0.2) is 11.7 Å². The number of rotatable bonds is 4. The van der Waals surface area contributed by atoms with Gasteiger partial charge in [-0.15, -0.1) is 0 Å². The zero-order valence-electron chi connectivity index (χ0n) is 9.61. The molecule has 0 bridgehead atoms. The van der Waals surface area contributed by atoms with Crippen LogP contribution < -0.4 is 5.32 Å². The molecule has 0 radical (unpaired) electrons. The highest BCUT2D eigenvalue weighted by Crippen LogP contribution is 2.17. The molecule has 2 rings (SSSR count). The van der Waals surface area contributed by atoms with Gasteiger partial charge in [0.1, 0.15) is 11.6 Å². The molecular formula is C14H13F2NO. The van der Waals surface area contributed by atoms with Crippen molar-refractivity contribution < 1.29 is 13.9 Å². The second-order valence-corrected chi connectivity index (χ2v) is 3.93. The first-order chi connectivity index (χ1) is 8.66. The van der Waals surface area contributed by atoms with Crippen molar-refractivity contribution in [2.45, 2.75) is 6.10 Å². The van der Waals surface area contributed by atoms with Gasteiger partial charge in [0.2, 0.25) is 0 Å². The number of hydrogen-bond acceptors (Lipinski definition) is 2. The van der Waals surface area contributed by atoms with Crippen LogP contribution >= 0.6 is 0 Å². The van der Waals surface area contributed by atoms with Gasteiger partial charge in [-0.25, -0.2) is 8.78 Å². The molecule has 18 heavy (non-hydrogen) atoms. The fourth-order valence-electron chi connectivity index (χ4n) is 1.67. The quantitative estimate of drug-likeness (QED) is 0.872. The highest BCUT2D eigenvalue weighted by Gasteiger charge is 2.11. The first-order valence-electron chi connectivity index (χ1n) is 5.59. The Hall–Kier alpha value is -1.94. The molecule has 2 aromatic rings. The van der Waals surface area contributed by atoms with Crippen LogP contribution in [0.25, 0.3) is 0 Å². The molecule has 0 amide bonds. The SMILES string of the molecule is OC(CNc1cccc(F)c1)c1ccccc1F. The summed E-state index contributed by atoms with van der Waals surface area (Å²) in [6, 6.07) is 11.9. The van der Waals surface area contributed by atoms with Crippen LogP contribution in [0.2, 0.25) is 0 Å². The van der Waals surface area contributed by atoms with E-state index in [1.54, 1.807) is 24.3 Å². The second-order valence-electron chi connectivity index (χ2n) is 3.93. The highest BCUT2D eigenvalue weighted by molar-refractivity contribution is 5.43. The summed E-state index contributed by atoms with van der Waals surface area (Å²) < 4.78 is 26.3. The summed E-state index contributed by atoms with van der Waals surface area (Å²) >= 11 is 0. The predicted molar refractivity (Wildman–Crippen MR) is 66.2 cm³/mol. The van der Waals surface area contributed by atoms with E-state index >= 15 is 0 Å². The summed E-state index contributed by atoms with van der Waals surface area (Å²) in [5.74, 6) is -0.813. The number of aliphatic hydroxyl groups excluding tert-OH is 1. The number of anilines is 1. The molecule has 94 valence electrons. The molecule has 0 saturated carbocycles. The Kier molecular flexibility index (Phi) is 3.89. The van der Waals surface area contributed by atoms with Gasteiger partial charge in [-0.1, -0.05) is 24.3 Å². The minimum Gasteiger partial charge on any atom is -0.386 e. The maximum absolute atomic E-state index is 13.4. The van der Waals surface area contributed by atoms with Gasteiger partial charge in [0.15, 0.2) is 0 Å². The zero-order chi connectivity index (χ0) is 13.0. The third kappa shape index (κ3) is 3.05. The molecule has 0 aliphatic heterocycles. The standard InChI is InChI=1S/C14H13F2NO/c15-10-4-3-5-11(8-10)17-9-14(18)12-6-1-2-7-13(12)16/h1-8,14,17-18H,9H2. The number of halogens is 2. The van der Waals surface area contributed by atoms with Gasteiger partial charge in [-0.05, 0) is 24.3 Å². The number of hydrogen-bond donors (Lipinski definition) is 2. The summed E-state index contributed by atoms with van der Waals surface area (Å²) in [5.41, 5.74) is 0.770. The van der Waals surface area contributed by atoms with Gasteiger partial charge in [0.25, 0.3) is 0 Å². The van der Waals surface area contributed by atoms with E-state index in [0.29, 0.717) is 5.69 Å². The van der Waals surface area contributed by atoms with E-state index in [2.05, 4.69) is 5.32 Å². The molecule has 0 spiro atoms. The average molecular weight is 249 g/mol. The topological polar surface area (TPSA) is 32.3 Å². The lowest BCUT2D eigenvalue weighted by Crippen LogP contribution is -2.13. The van der Waals surface area contributed by atoms with E-state index in [4.69, 9.17) is 0 Å². The van der Waals surface area contributed by atoms with Gasteiger partial charge in [0.05, 0.1) is 6.10 Å². The Bertz CT molecular complexity index is 531. The van der Waals surface area contributed by atoms with Gasteiger partial charge >= 0.3 is 0 Å². The van der Waals surface area contributed by atoms with Gasteiger partial charge in [0, 0.05) is 17.8 Å². The first kappa shape index (κ1) is 12.5. The first-order valence-corrected chi connectivity index (χ1v) is 5.59. The van der Waals surface area contributed by atoms with E-state index in [1.807, 2.05) is 0 Å². The van der Waals surface area contributed by atoms with Crippen LogP contribution in [0.4, 0.5) is 14.5 Å². The molecule has 0 aliphatic rings. The Balaban J connectivity index is 2.00. The fraction of sp³-hybridized carbons (Fsp3) is 0.143. The van der Waals surface area contributed by atoms with Crippen LogP contribution in [0.3, 0.4) is 0 Å². The number of aliphatic hydroxyl groups is 1. The van der Waals surface area contributed by atoms with Crippen molar-refractivity contribution in [2.24, 2.45) is 0 Å². The maximum atomic E-state index is 13.4. The summed E-state index contributed by atoms with van der Waals surface area (Å²) in [6.07, 6.45) is -0.977. The zero-order valence-corrected chi connectivity index (χ0v) is 9.61. The molecule has 0 fully saturated rings. The van der Waals surface area contributed by atoms with Crippen molar-refractivity contribution in [3.05, 3.63) is 65.7 Å². The molecule has 4 heteroatoms. The van der Waals surface area contributed by atoms with Crippen molar-refractivity contribution in [3.8, 4) is 0 Å². The van der Waals surface area contributed by atoms with Crippen LogP contribution in [0, 0.1) is 11.6 Å². The Labute approximate surface area is 104 Å². The fourth-order valence-corrected chi connectivity index (χ4v) is 1.67. The van der Waals surface area contributed by atoms with Crippen LogP contribution in [-0.2, 0) is 0 Å². The normalized spacial score (nSPS) is 12.2. The minimum absolute atomic E-state index is 0.115. The van der Waals surface area contributed by atoms with E-state index in [1.165, 1.54) is 24.3 Å². The van der Waals surface area contributed by atoms with Crippen molar-refractivity contribution in [2.75, 3.05) is 11.9 Å². The lowest BCUT2D eigenvalue weighted by Gasteiger charge is -2.13. The van der Waals surface area contributed by atoms with Crippen LogP contribution in [0.5, 0.6) is 0 Å². The maximum Gasteiger partial charge on any atom is 0.129 e. The van der Waals surface area contributed by atoms with Crippen molar-refractivity contribution in [1.82, 2.24) is 0 Å². The second kappa shape index (κ2) is 5.60. The Morgan fingerprint density at radius 3 is 2.56 bits per heavy atom. The minimum atomic E-state index is -0.977. The smallest absolute Gasteiger partial charge is 0.129 e. The molecule has 0 saturated heterocycles. The molecule has 2 aromatic carbocycles. The van der Waals surface area contributed by atoms with Crippen molar-refractivity contribution in [1.29, 1.82) is 0 Å². The summed E-state index contributed by atoms with van der Waals surface area (Å²) in [4.78, 5) is 0. The molecule has 1 unspecified atom stereocenters. The van der Waals surface area contributed by atoms with Crippen LogP contribution in [0.1, 0.15) is 11.7 Å². The van der Waals surface area contributed by atoms with E-state index in [-0.39, 0.29) is 17.9 Å². The molecule has 2 N–H and O–H groups in total. The van der Waals surface area contributed by atoms with E-state index in [9.17, 15) is 13.9 Å². The average Bonchev–Trinajstić information content (AvgIpc) is 2.37. The Morgan fingerprint density at radius 1 is 1.06 bits per heavy atom. The van der Waals surface area contributed by atoms with E-state index in [0.717, 1.165) is 0 Å². The Morgan fingerprint density at radius 2 is 1.83 bits per heavy atom. The van der Waals surface area contributed by atoms with Crippen LogP contribution in [0.15, 0.2) is 48.5 Å².